The fraction of sp³-hybridized carbons (Fsp3) is 0.176. The summed E-state index contributed by atoms with van der Waals surface area (Å²) in [6.45, 7) is 3.74. The second-order valence-electron chi connectivity index (χ2n) is 5.26. The molecule has 2 N–H and O–H groups in total. The first-order valence-electron chi connectivity index (χ1n) is 7.57. The standard InChI is InChI=1S/C17H16ClN3O5/c1-3-26-15-8-11(7-14(16(15)22)21(24)25)9-19-20-17(23)12-5-4-10(2)6-13(12)18/h4-9,22H,3H2,1-2H3,(H,20,23). The lowest BCUT2D eigenvalue weighted by Gasteiger charge is -2.07. The van der Waals surface area contributed by atoms with Crippen molar-refractivity contribution in [3.63, 3.8) is 0 Å². The number of aryl methyl sites for hydroxylation is 1. The second-order valence-corrected chi connectivity index (χ2v) is 5.67. The Labute approximate surface area is 154 Å². The molecule has 0 atom stereocenters. The SMILES string of the molecule is CCOc1cc(C=NNC(=O)c2ccc(C)cc2Cl)cc([N+](=O)[O-])c1O. The van der Waals surface area contributed by atoms with Crippen molar-refractivity contribution in [2.24, 2.45) is 5.10 Å². The minimum atomic E-state index is -0.736. The maximum Gasteiger partial charge on any atom is 0.315 e. The fourth-order valence-electron chi connectivity index (χ4n) is 2.12. The number of phenolic OH excluding ortho intramolecular Hbond substituents is 1. The van der Waals surface area contributed by atoms with Crippen molar-refractivity contribution in [2.45, 2.75) is 13.8 Å². The average molecular weight is 378 g/mol. The number of carbonyl (C=O) groups is 1. The number of carbonyl (C=O) groups excluding carboxylic acids is 1. The Hall–Kier alpha value is -3.13. The number of ether oxygens (including phenoxy) is 1. The molecule has 26 heavy (non-hydrogen) atoms. The van der Waals surface area contributed by atoms with Gasteiger partial charge in [0.1, 0.15) is 0 Å². The van der Waals surface area contributed by atoms with E-state index in [4.69, 9.17) is 16.3 Å². The highest BCUT2D eigenvalue weighted by Gasteiger charge is 2.19. The Bertz CT molecular complexity index is 883. The van der Waals surface area contributed by atoms with Gasteiger partial charge in [-0.25, -0.2) is 5.43 Å². The molecule has 0 spiro atoms. The van der Waals surface area contributed by atoms with Gasteiger partial charge in [0.05, 0.1) is 28.3 Å². The number of aromatic hydroxyl groups is 1. The van der Waals surface area contributed by atoms with Crippen LogP contribution in [0.1, 0.15) is 28.4 Å². The van der Waals surface area contributed by atoms with Gasteiger partial charge in [-0.1, -0.05) is 17.7 Å². The lowest BCUT2D eigenvalue weighted by molar-refractivity contribution is -0.386. The number of phenols is 1. The van der Waals surface area contributed by atoms with Crippen LogP contribution in [0, 0.1) is 17.0 Å². The van der Waals surface area contributed by atoms with E-state index in [1.165, 1.54) is 12.3 Å². The first-order chi connectivity index (χ1) is 12.3. The minimum absolute atomic E-state index is 0.0453. The summed E-state index contributed by atoms with van der Waals surface area (Å²) in [5.41, 5.74) is 3.21. The van der Waals surface area contributed by atoms with Crippen LogP contribution in [0.2, 0.25) is 5.02 Å². The lowest BCUT2D eigenvalue weighted by Crippen LogP contribution is -2.18. The normalized spacial score (nSPS) is 10.7. The number of nitrogens with zero attached hydrogens (tertiary/aromatic N) is 2. The van der Waals surface area contributed by atoms with Gasteiger partial charge < -0.3 is 9.84 Å². The van der Waals surface area contributed by atoms with E-state index < -0.39 is 22.3 Å². The number of amides is 1. The van der Waals surface area contributed by atoms with Crippen LogP contribution in [0.15, 0.2) is 35.4 Å². The Morgan fingerprint density at radius 2 is 2.15 bits per heavy atom. The van der Waals surface area contributed by atoms with Crippen molar-refractivity contribution in [3.8, 4) is 11.5 Å². The molecule has 2 rings (SSSR count). The Kier molecular flexibility index (Phi) is 6.13. The van der Waals surface area contributed by atoms with Crippen LogP contribution in [-0.4, -0.2) is 28.8 Å². The molecular formula is C17H16ClN3O5. The van der Waals surface area contributed by atoms with Crippen molar-refractivity contribution in [2.75, 3.05) is 6.61 Å². The fourth-order valence-corrected chi connectivity index (χ4v) is 2.44. The van der Waals surface area contributed by atoms with Crippen LogP contribution in [-0.2, 0) is 0 Å². The quantitative estimate of drug-likeness (QED) is 0.454. The van der Waals surface area contributed by atoms with Gasteiger partial charge in [0.2, 0.25) is 5.75 Å². The zero-order chi connectivity index (χ0) is 19.3. The van der Waals surface area contributed by atoms with E-state index in [1.54, 1.807) is 25.1 Å². The number of nitro groups is 1. The number of hydrogen-bond acceptors (Lipinski definition) is 6. The molecule has 0 aliphatic carbocycles. The number of rotatable bonds is 6. The van der Waals surface area contributed by atoms with Crippen molar-refractivity contribution in [3.05, 3.63) is 62.2 Å². The highest BCUT2D eigenvalue weighted by atomic mass is 35.5. The van der Waals surface area contributed by atoms with E-state index in [0.717, 1.165) is 11.6 Å². The third-order valence-corrected chi connectivity index (χ3v) is 3.64. The molecule has 8 nitrogen and oxygen atoms in total. The van der Waals surface area contributed by atoms with Gasteiger partial charge in [0, 0.05) is 11.6 Å². The molecular weight excluding hydrogens is 362 g/mol. The van der Waals surface area contributed by atoms with Gasteiger partial charge in [-0.05, 0) is 37.6 Å². The molecule has 0 aromatic heterocycles. The van der Waals surface area contributed by atoms with Crippen LogP contribution >= 0.6 is 11.6 Å². The third-order valence-electron chi connectivity index (χ3n) is 3.32. The third kappa shape index (κ3) is 4.48. The summed E-state index contributed by atoms with van der Waals surface area (Å²) in [6.07, 6.45) is 1.20. The predicted octanol–water partition coefficient (Wildman–Crippen LogP) is 3.42. The molecule has 0 unspecified atom stereocenters. The van der Waals surface area contributed by atoms with Crippen LogP contribution in [0.3, 0.4) is 0 Å². The summed E-state index contributed by atoms with van der Waals surface area (Å²) in [6, 6.07) is 7.45. The number of nitro benzene ring substituents is 1. The summed E-state index contributed by atoms with van der Waals surface area (Å²) in [5, 5.41) is 24.9. The van der Waals surface area contributed by atoms with Gasteiger partial charge in [0.25, 0.3) is 5.91 Å². The number of nitrogens with one attached hydrogen (secondary N) is 1. The Morgan fingerprint density at radius 3 is 2.77 bits per heavy atom. The molecule has 1 amide bonds. The molecule has 0 aliphatic rings. The maximum absolute atomic E-state index is 12.1. The zero-order valence-electron chi connectivity index (χ0n) is 14.0. The molecule has 9 heteroatoms. The van der Waals surface area contributed by atoms with E-state index in [0.29, 0.717) is 0 Å². The molecule has 0 fully saturated rings. The Balaban J connectivity index is 2.21. The first-order valence-corrected chi connectivity index (χ1v) is 7.95. The summed E-state index contributed by atoms with van der Waals surface area (Å²) in [7, 11) is 0. The molecule has 0 heterocycles. The van der Waals surface area contributed by atoms with Gasteiger partial charge >= 0.3 is 5.69 Å². The molecule has 0 bridgehead atoms. The molecule has 0 radical (unpaired) electrons. The molecule has 2 aromatic carbocycles. The minimum Gasteiger partial charge on any atom is -0.500 e. The number of benzene rings is 2. The first kappa shape index (κ1) is 19.2. The lowest BCUT2D eigenvalue weighted by atomic mass is 10.1. The summed E-state index contributed by atoms with van der Waals surface area (Å²) in [5.74, 6) is -1.13. The number of hydrazone groups is 1. The zero-order valence-corrected chi connectivity index (χ0v) is 14.8. The largest absolute Gasteiger partial charge is 0.500 e. The Morgan fingerprint density at radius 1 is 1.42 bits per heavy atom. The van der Waals surface area contributed by atoms with E-state index in [9.17, 15) is 20.0 Å². The van der Waals surface area contributed by atoms with E-state index in [1.807, 2.05) is 6.92 Å². The maximum atomic E-state index is 12.1. The van der Waals surface area contributed by atoms with Gasteiger partial charge in [-0.2, -0.15) is 5.10 Å². The number of halogens is 1. The highest BCUT2D eigenvalue weighted by Crippen LogP contribution is 2.36. The van der Waals surface area contributed by atoms with E-state index >= 15 is 0 Å². The van der Waals surface area contributed by atoms with Crippen LogP contribution < -0.4 is 10.2 Å². The van der Waals surface area contributed by atoms with Gasteiger partial charge in [-0.3, -0.25) is 14.9 Å². The topological polar surface area (TPSA) is 114 Å². The van der Waals surface area contributed by atoms with Gasteiger partial charge in [-0.15, -0.1) is 0 Å². The summed E-state index contributed by atoms with van der Waals surface area (Å²) >= 11 is 6.02. The summed E-state index contributed by atoms with van der Waals surface area (Å²) < 4.78 is 5.17. The van der Waals surface area contributed by atoms with Gasteiger partial charge in [0.15, 0.2) is 5.75 Å². The highest BCUT2D eigenvalue weighted by molar-refractivity contribution is 6.33. The molecule has 0 saturated heterocycles. The smallest absolute Gasteiger partial charge is 0.315 e. The average Bonchev–Trinajstić information content (AvgIpc) is 2.57. The monoisotopic (exact) mass is 377 g/mol. The van der Waals surface area contributed by atoms with Crippen LogP contribution in [0.25, 0.3) is 0 Å². The van der Waals surface area contributed by atoms with E-state index in [2.05, 4.69) is 10.5 Å². The van der Waals surface area contributed by atoms with Crippen molar-refractivity contribution in [1.29, 1.82) is 0 Å². The van der Waals surface area contributed by atoms with Crippen molar-refractivity contribution in [1.82, 2.24) is 5.43 Å². The second kappa shape index (κ2) is 8.30. The number of hydrogen-bond donors (Lipinski definition) is 2. The van der Waals surface area contributed by atoms with Crippen molar-refractivity contribution < 1.29 is 19.6 Å². The molecule has 0 saturated carbocycles. The summed E-state index contributed by atoms with van der Waals surface area (Å²) in [4.78, 5) is 22.4. The van der Waals surface area contributed by atoms with Crippen LogP contribution in [0.4, 0.5) is 5.69 Å². The molecule has 0 aliphatic heterocycles. The van der Waals surface area contributed by atoms with E-state index in [-0.39, 0.29) is 28.5 Å². The predicted molar refractivity (Wildman–Crippen MR) is 97.2 cm³/mol. The van der Waals surface area contributed by atoms with Crippen molar-refractivity contribution >= 4 is 29.4 Å². The molecule has 136 valence electrons. The molecule has 2 aromatic rings. The van der Waals surface area contributed by atoms with Crippen LogP contribution in [0.5, 0.6) is 11.5 Å².